The van der Waals surface area contributed by atoms with Gasteiger partial charge in [0.25, 0.3) is 0 Å². The summed E-state index contributed by atoms with van der Waals surface area (Å²) in [5.74, 6) is 1.71. The molecule has 1 aromatic heterocycles. The third-order valence-corrected chi connectivity index (χ3v) is 3.55. The predicted molar refractivity (Wildman–Crippen MR) is 92.5 cm³/mol. The quantitative estimate of drug-likeness (QED) is 0.599. The molecule has 0 saturated heterocycles. The van der Waals surface area contributed by atoms with E-state index in [9.17, 15) is 0 Å². The van der Waals surface area contributed by atoms with Gasteiger partial charge < -0.3 is 19.9 Å². The van der Waals surface area contributed by atoms with Crippen LogP contribution in [0.3, 0.4) is 0 Å². The molecule has 0 radical (unpaired) electrons. The van der Waals surface area contributed by atoms with Crippen molar-refractivity contribution in [3.05, 3.63) is 47.6 Å². The van der Waals surface area contributed by atoms with Crippen LogP contribution in [0.4, 0.5) is 0 Å². The number of guanidine groups is 1. The maximum Gasteiger partial charge on any atom is 0.246 e. The van der Waals surface area contributed by atoms with Gasteiger partial charge in [0, 0.05) is 13.7 Å². The lowest BCUT2D eigenvalue weighted by Gasteiger charge is -2.17. The summed E-state index contributed by atoms with van der Waals surface area (Å²) in [4.78, 5) is 8.54. The molecular formula is C17H25N5O2. The molecule has 0 amide bonds. The number of aromatic nitrogens is 2. The van der Waals surface area contributed by atoms with E-state index in [0.717, 1.165) is 0 Å². The molecule has 7 heteroatoms. The van der Waals surface area contributed by atoms with Crippen LogP contribution < -0.4 is 10.6 Å². The zero-order valence-corrected chi connectivity index (χ0v) is 14.6. The second kappa shape index (κ2) is 9.02. The Morgan fingerprint density at radius 2 is 2.04 bits per heavy atom. The topological polar surface area (TPSA) is 84.6 Å². The highest BCUT2D eigenvalue weighted by Gasteiger charge is 2.14. The predicted octanol–water partition coefficient (Wildman–Crippen LogP) is 2.59. The zero-order chi connectivity index (χ0) is 17.4. The fourth-order valence-corrected chi connectivity index (χ4v) is 2.21. The number of hydrogen-bond donors (Lipinski definition) is 2. The van der Waals surface area contributed by atoms with E-state index in [-0.39, 0.29) is 12.1 Å². The van der Waals surface area contributed by atoms with Crippen molar-refractivity contribution in [2.75, 3.05) is 13.7 Å². The second-order valence-electron chi connectivity index (χ2n) is 5.35. The summed E-state index contributed by atoms with van der Waals surface area (Å²) in [5, 5.41) is 10.4. The Kier molecular flexibility index (Phi) is 6.74. The molecule has 0 saturated carbocycles. The van der Waals surface area contributed by atoms with E-state index in [1.54, 1.807) is 7.05 Å². The Bertz CT molecular complexity index is 641. The van der Waals surface area contributed by atoms with E-state index in [1.165, 1.54) is 5.56 Å². The van der Waals surface area contributed by atoms with E-state index < -0.39 is 0 Å². The number of benzene rings is 1. The smallest absolute Gasteiger partial charge is 0.246 e. The van der Waals surface area contributed by atoms with Gasteiger partial charge in [-0.05, 0) is 26.3 Å². The summed E-state index contributed by atoms with van der Waals surface area (Å²) in [6, 6.07) is 10.3. The summed E-state index contributed by atoms with van der Waals surface area (Å²) in [5.41, 5.74) is 1.19. The summed E-state index contributed by atoms with van der Waals surface area (Å²) in [6.07, 6.45) is -0.178. The minimum absolute atomic E-state index is 0.133. The van der Waals surface area contributed by atoms with Gasteiger partial charge in [0.05, 0.1) is 12.6 Å². The maximum atomic E-state index is 5.45. The van der Waals surface area contributed by atoms with Gasteiger partial charge in [-0.25, -0.2) is 0 Å². The minimum atomic E-state index is -0.178. The molecule has 24 heavy (non-hydrogen) atoms. The molecule has 0 fully saturated rings. The van der Waals surface area contributed by atoms with Crippen molar-refractivity contribution in [2.24, 2.45) is 4.99 Å². The maximum absolute atomic E-state index is 5.45. The van der Waals surface area contributed by atoms with Crippen molar-refractivity contribution in [2.45, 2.75) is 39.5 Å². The van der Waals surface area contributed by atoms with E-state index in [0.29, 0.717) is 30.8 Å². The normalized spacial score (nSPS) is 14.2. The molecule has 0 aliphatic carbocycles. The highest BCUT2D eigenvalue weighted by Crippen LogP contribution is 2.13. The van der Waals surface area contributed by atoms with Crippen LogP contribution >= 0.6 is 0 Å². The Morgan fingerprint density at radius 1 is 1.29 bits per heavy atom. The number of nitrogens with one attached hydrogen (secondary N) is 2. The molecule has 0 aliphatic heterocycles. The Balaban J connectivity index is 1.88. The fourth-order valence-electron chi connectivity index (χ4n) is 2.21. The molecule has 2 unspecified atom stereocenters. The highest BCUT2D eigenvalue weighted by atomic mass is 16.5. The van der Waals surface area contributed by atoms with E-state index in [2.05, 4.69) is 44.8 Å². The van der Waals surface area contributed by atoms with Gasteiger partial charge in [-0.3, -0.25) is 4.99 Å². The van der Waals surface area contributed by atoms with E-state index in [4.69, 9.17) is 9.26 Å². The average molecular weight is 331 g/mol. The molecule has 7 nitrogen and oxygen atoms in total. The fraction of sp³-hybridized carbons (Fsp3) is 0.471. The van der Waals surface area contributed by atoms with Gasteiger partial charge in [0.2, 0.25) is 5.89 Å². The van der Waals surface area contributed by atoms with Crippen molar-refractivity contribution in [3.63, 3.8) is 0 Å². The lowest BCUT2D eigenvalue weighted by Crippen LogP contribution is -2.38. The van der Waals surface area contributed by atoms with E-state index in [1.807, 2.05) is 32.0 Å². The highest BCUT2D eigenvalue weighted by molar-refractivity contribution is 5.79. The van der Waals surface area contributed by atoms with Gasteiger partial charge in [0.1, 0.15) is 6.10 Å². The first-order valence-corrected chi connectivity index (χ1v) is 8.10. The standard InChI is InChI=1S/C17H25N5O2/c1-5-23-13(3)16-21-15(24-22-16)11-19-17(18-4)20-12(2)14-9-7-6-8-10-14/h6-10,12-13H,5,11H2,1-4H3,(H2,18,19,20). The van der Waals surface area contributed by atoms with Crippen LogP contribution in [0.2, 0.25) is 0 Å². The van der Waals surface area contributed by atoms with Crippen LogP contribution in [0, 0.1) is 0 Å². The van der Waals surface area contributed by atoms with Gasteiger partial charge in [-0.2, -0.15) is 4.98 Å². The largest absolute Gasteiger partial charge is 0.371 e. The summed E-state index contributed by atoms with van der Waals surface area (Å²) < 4.78 is 10.7. The van der Waals surface area contributed by atoms with Crippen LogP contribution in [0.1, 0.15) is 50.2 Å². The first-order valence-electron chi connectivity index (χ1n) is 8.10. The lowest BCUT2D eigenvalue weighted by molar-refractivity contribution is 0.0683. The third-order valence-electron chi connectivity index (χ3n) is 3.55. The number of aliphatic imine (C=N–C) groups is 1. The molecular weight excluding hydrogens is 306 g/mol. The van der Waals surface area contributed by atoms with Gasteiger partial charge in [-0.15, -0.1) is 0 Å². The van der Waals surface area contributed by atoms with Crippen molar-refractivity contribution in [1.82, 2.24) is 20.8 Å². The molecule has 0 bridgehead atoms. The summed E-state index contributed by atoms with van der Waals surface area (Å²) in [6.45, 7) is 6.91. The number of rotatable bonds is 7. The first kappa shape index (κ1) is 17.9. The Hall–Kier alpha value is -2.41. The van der Waals surface area contributed by atoms with Gasteiger partial charge in [-0.1, -0.05) is 35.5 Å². The van der Waals surface area contributed by atoms with Crippen molar-refractivity contribution in [3.8, 4) is 0 Å². The van der Waals surface area contributed by atoms with Crippen LogP contribution in [-0.4, -0.2) is 29.8 Å². The SMILES string of the molecule is CCOC(C)c1noc(CNC(=NC)NC(C)c2ccccc2)n1. The van der Waals surface area contributed by atoms with Crippen molar-refractivity contribution in [1.29, 1.82) is 0 Å². The van der Waals surface area contributed by atoms with Crippen LogP contribution in [0.25, 0.3) is 0 Å². The molecule has 2 atom stereocenters. The molecule has 2 aromatic rings. The zero-order valence-electron chi connectivity index (χ0n) is 14.6. The number of nitrogens with zero attached hydrogens (tertiary/aromatic N) is 3. The summed E-state index contributed by atoms with van der Waals surface area (Å²) in [7, 11) is 1.73. The third kappa shape index (κ3) is 5.06. The van der Waals surface area contributed by atoms with Crippen LogP contribution in [-0.2, 0) is 11.3 Å². The van der Waals surface area contributed by atoms with Gasteiger partial charge in [0.15, 0.2) is 11.8 Å². The van der Waals surface area contributed by atoms with Crippen LogP contribution in [0.5, 0.6) is 0 Å². The molecule has 2 N–H and O–H groups in total. The molecule has 2 rings (SSSR count). The van der Waals surface area contributed by atoms with Crippen molar-refractivity contribution >= 4 is 5.96 Å². The number of hydrogen-bond acceptors (Lipinski definition) is 5. The first-order chi connectivity index (χ1) is 11.6. The molecule has 0 spiro atoms. The minimum Gasteiger partial charge on any atom is -0.371 e. The lowest BCUT2D eigenvalue weighted by atomic mass is 10.1. The molecule has 130 valence electrons. The second-order valence-corrected chi connectivity index (χ2v) is 5.35. The van der Waals surface area contributed by atoms with Crippen molar-refractivity contribution < 1.29 is 9.26 Å². The number of ether oxygens (including phenoxy) is 1. The molecule has 1 heterocycles. The average Bonchev–Trinajstić information content (AvgIpc) is 3.08. The molecule has 1 aromatic carbocycles. The monoisotopic (exact) mass is 331 g/mol. The van der Waals surface area contributed by atoms with Crippen LogP contribution in [0.15, 0.2) is 39.8 Å². The Morgan fingerprint density at radius 3 is 2.71 bits per heavy atom. The molecule has 0 aliphatic rings. The summed E-state index contributed by atoms with van der Waals surface area (Å²) >= 11 is 0. The van der Waals surface area contributed by atoms with E-state index >= 15 is 0 Å². The Labute approximate surface area is 142 Å². The van der Waals surface area contributed by atoms with Gasteiger partial charge >= 0.3 is 0 Å².